The van der Waals surface area contributed by atoms with Gasteiger partial charge in [0.2, 0.25) is 5.91 Å². The summed E-state index contributed by atoms with van der Waals surface area (Å²) in [6.07, 6.45) is 2.29. The average Bonchev–Trinajstić information content (AvgIpc) is 2.50. The van der Waals surface area contributed by atoms with Gasteiger partial charge in [-0.2, -0.15) is 0 Å². The summed E-state index contributed by atoms with van der Waals surface area (Å²) >= 11 is 0. The van der Waals surface area contributed by atoms with Gasteiger partial charge in [0.1, 0.15) is 0 Å². The molecule has 0 aliphatic heterocycles. The van der Waals surface area contributed by atoms with Crippen molar-refractivity contribution in [1.82, 2.24) is 10.9 Å². The van der Waals surface area contributed by atoms with E-state index in [0.29, 0.717) is 6.42 Å². The lowest BCUT2D eigenvalue weighted by Gasteiger charge is -2.12. The van der Waals surface area contributed by atoms with Crippen LogP contribution in [-0.2, 0) is 11.2 Å². The Bertz CT molecular complexity index is 576. The minimum absolute atomic E-state index is 0.0634. The maximum atomic E-state index is 11.9. The maximum absolute atomic E-state index is 11.9. The molecule has 1 amide bonds. The molecular formula is C17H18N2O. The second kappa shape index (κ2) is 7.14. The molecule has 0 spiro atoms. The van der Waals surface area contributed by atoms with Crippen molar-refractivity contribution in [2.24, 2.45) is 0 Å². The van der Waals surface area contributed by atoms with Crippen LogP contribution in [0.5, 0.6) is 0 Å². The monoisotopic (exact) mass is 266 g/mol. The van der Waals surface area contributed by atoms with Crippen LogP contribution in [0.25, 0.3) is 5.70 Å². The highest BCUT2D eigenvalue weighted by Crippen LogP contribution is 2.09. The first-order chi connectivity index (χ1) is 9.79. The molecule has 0 bridgehead atoms. The highest BCUT2D eigenvalue weighted by Gasteiger charge is 2.04. The van der Waals surface area contributed by atoms with Gasteiger partial charge in [0.15, 0.2) is 0 Å². The van der Waals surface area contributed by atoms with E-state index < -0.39 is 0 Å². The zero-order valence-electron chi connectivity index (χ0n) is 11.5. The van der Waals surface area contributed by atoms with Crippen molar-refractivity contribution in [2.75, 3.05) is 0 Å². The van der Waals surface area contributed by atoms with Gasteiger partial charge in [0.25, 0.3) is 0 Å². The van der Waals surface area contributed by atoms with Crippen molar-refractivity contribution >= 4 is 11.6 Å². The number of hydrogen-bond acceptors (Lipinski definition) is 2. The van der Waals surface area contributed by atoms with Gasteiger partial charge in [-0.1, -0.05) is 66.7 Å². The predicted octanol–water partition coefficient (Wildman–Crippen LogP) is 2.91. The minimum atomic E-state index is -0.0634. The standard InChI is InChI=1S/C17H18N2O/c1-2-16(15-11-7-4-8-12-15)18-19-17(20)13-14-9-5-3-6-10-14/h2-12,18H,13H2,1H3,(H,19,20). The summed E-state index contributed by atoms with van der Waals surface area (Å²) in [6.45, 7) is 1.93. The van der Waals surface area contributed by atoms with Crippen molar-refractivity contribution in [3.05, 3.63) is 77.9 Å². The number of carbonyl (C=O) groups excluding carboxylic acids is 1. The fourth-order valence-corrected chi connectivity index (χ4v) is 1.89. The molecule has 2 aromatic rings. The molecule has 0 radical (unpaired) electrons. The zero-order valence-corrected chi connectivity index (χ0v) is 11.5. The van der Waals surface area contributed by atoms with Gasteiger partial charge in [-0.3, -0.25) is 15.6 Å². The molecule has 2 N–H and O–H groups in total. The third-order valence-electron chi connectivity index (χ3n) is 2.92. The van der Waals surface area contributed by atoms with E-state index in [4.69, 9.17) is 0 Å². The fraction of sp³-hybridized carbons (Fsp3) is 0.118. The molecule has 0 aliphatic rings. The van der Waals surface area contributed by atoms with Crippen LogP contribution in [0.1, 0.15) is 18.1 Å². The number of nitrogens with one attached hydrogen (secondary N) is 2. The first-order valence-electron chi connectivity index (χ1n) is 6.60. The number of allylic oxidation sites excluding steroid dienone is 1. The largest absolute Gasteiger partial charge is 0.298 e. The van der Waals surface area contributed by atoms with Crippen LogP contribution < -0.4 is 10.9 Å². The molecule has 0 saturated carbocycles. The lowest BCUT2D eigenvalue weighted by atomic mass is 10.1. The van der Waals surface area contributed by atoms with E-state index in [2.05, 4.69) is 10.9 Å². The topological polar surface area (TPSA) is 41.1 Å². The van der Waals surface area contributed by atoms with Crippen molar-refractivity contribution < 1.29 is 4.79 Å². The SMILES string of the molecule is CC=C(NNC(=O)Cc1ccccc1)c1ccccc1. The Labute approximate surface area is 119 Å². The van der Waals surface area contributed by atoms with Crippen LogP contribution in [0.4, 0.5) is 0 Å². The highest BCUT2D eigenvalue weighted by molar-refractivity contribution is 5.79. The molecule has 0 heterocycles. The quantitative estimate of drug-likeness (QED) is 0.817. The van der Waals surface area contributed by atoms with Crippen LogP contribution in [0.3, 0.4) is 0 Å². The Hall–Kier alpha value is -2.55. The zero-order chi connectivity index (χ0) is 14.2. The fourth-order valence-electron chi connectivity index (χ4n) is 1.89. The van der Waals surface area contributed by atoms with Gasteiger partial charge in [-0.05, 0) is 18.1 Å². The van der Waals surface area contributed by atoms with E-state index in [1.807, 2.05) is 73.7 Å². The number of carbonyl (C=O) groups is 1. The average molecular weight is 266 g/mol. The number of hydrogen-bond donors (Lipinski definition) is 2. The Morgan fingerprint density at radius 1 is 0.950 bits per heavy atom. The molecule has 0 unspecified atom stereocenters. The van der Waals surface area contributed by atoms with Crippen LogP contribution >= 0.6 is 0 Å². The summed E-state index contributed by atoms with van der Waals surface area (Å²) in [4.78, 5) is 11.9. The van der Waals surface area contributed by atoms with E-state index in [1.165, 1.54) is 0 Å². The molecule has 0 atom stereocenters. The Morgan fingerprint density at radius 3 is 2.15 bits per heavy atom. The summed E-state index contributed by atoms with van der Waals surface area (Å²) in [5, 5.41) is 0. The van der Waals surface area contributed by atoms with E-state index in [1.54, 1.807) is 0 Å². The highest BCUT2D eigenvalue weighted by atomic mass is 16.2. The number of amides is 1. The number of hydrazine groups is 1. The molecule has 3 nitrogen and oxygen atoms in total. The number of rotatable bonds is 5. The van der Waals surface area contributed by atoms with Gasteiger partial charge >= 0.3 is 0 Å². The van der Waals surface area contributed by atoms with E-state index in [-0.39, 0.29) is 5.91 Å². The van der Waals surface area contributed by atoms with E-state index in [9.17, 15) is 4.79 Å². The molecule has 3 heteroatoms. The van der Waals surface area contributed by atoms with Crippen LogP contribution in [0, 0.1) is 0 Å². The predicted molar refractivity (Wildman–Crippen MR) is 81.5 cm³/mol. The lowest BCUT2D eigenvalue weighted by Crippen LogP contribution is -2.37. The van der Waals surface area contributed by atoms with Crippen LogP contribution in [0.2, 0.25) is 0 Å². The Balaban J connectivity index is 1.90. The van der Waals surface area contributed by atoms with Crippen LogP contribution in [0.15, 0.2) is 66.7 Å². The lowest BCUT2D eigenvalue weighted by molar-refractivity contribution is -0.121. The van der Waals surface area contributed by atoms with Gasteiger partial charge in [0, 0.05) is 0 Å². The maximum Gasteiger partial charge on any atom is 0.242 e. The minimum Gasteiger partial charge on any atom is -0.298 e. The Morgan fingerprint density at radius 2 is 1.55 bits per heavy atom. The summed E-state index contributed by atoms with van der Waals surface area (Å²) in [5.74, 6) is -0.0634. The van der Waals surface area contributed by atoms with Crippen molar-refractivity contribution in [2.45, 2.75) is 13.3 Å². The summed E-state index contributed by atoms with van der Waals surface area (Å²) in [7, 11) is 0. The molecule has 2 aromatic carbocycles. The van der Waals surface area contributed by atoms with Crippen molar-refractivity contribution in [3.63, 3.8) is 0 Å². The van der Waals surface area contributed by atoms with E-state index >= 15 is 0 Å². The van der Waals surface area contributed by atoms with Crippen LogP contribution in [-0.4, -0.2) is 5.91 Å². The normalized spacial score (nSPS) is 10.9. The molecule has 2 rings (SSSR count). The molecular weight excluding hydrogens is 248 g/mol. The second-order valence-electron chi connectivity index (χ2n) is 4.40. The van der Waals surface area contributed by atoms with Gasteiger partial charge in [-0.25, -0.2) is 0 Å². The smallest absolute Gasteiger partial charge is 0.242 e. The summed E-state index contributed by atoms with van der Waals surface area (Å²) in [6, 6.07) is 19.5. The second-order valence-corrected chi connectivity index (χ2v) is 4.40. The molecule has 0 aliphatic carbocycles. The van der Waals surface area contributed by atoms with E-state index in [0.717, 1.165) is 16.8 Å². The first-order valence-corrected chi connectivity index (χ1v) is 6.60. The summed E-state index contributed by atoms with van der Waals surface area (Å²) < 4.78 is 0. The Kier molecular flexibility index (Phi) is 4.95. The van der Waals surface area contributed by atoms with Gasteiger partial charge < -0.3 is 0 Å². The molecule has 0 fully saturated rings. The van der Waals surface area contributed by atoms with Crippen molar-refractivity contribution in [1.29, 1.82) is 0 Å². The first kappa shape index (κ1) is 13.9. The third kappa shape index (κ3) is 3.99. The molecule has 0 saturated heterocycles. The number of benzene rings is 2. The molecule has 20 heavy (non-hydrogen) atoms. The third-order valence-corrected chi connectivity index (χ3v) is 2.92. The summed E-state index contributed by atoms with van der Waals surface area (Å²) in [5.41, 5.74) is 8.60. The molecule has 102 valence electrons. The van der Waals surface area contributed by atoms with Crippen molar-refractivity contribution in [3.8, 4) is 0 Å². The molecule has 0 aromatic heterocycles. The van der Waals surface area contributed by atoms with Gasteiger partial charge in [0.05, 0.1) is 12.1 Å². The van der Waals surface area contributed by atoms with Gasteiger partial charge in [-0.15, -0.1) is 0 Å².